The van der Waals surface area contributed by atoms with E-state index in [1.165, 1.54) is 0 Å². The summed E-state index contributed by atoms with van der Waals surface area (Å²) in [4.78, 5) is 0. The van der Waals surface area contributed by atoms with Crippen LogP contribution in [0.3, 0.4) is 0 Å². The van der Waals surface area contributed by atoms with Gasteiger partial charge in [-0.05, 0) is 0 Å². The minimum absolute atomic E-state index is 0. The van der Waals surface area contributed by atoms with Crippen molar-refractivity contribution in [3.8, 4) is 0 Å². The van der Waals surface area contributed by atoms with Crippen molar-refractivity contribution in [2.75, 3.05) is 46.0 Å². The molecule has 2 N–H and O–H groups in total. The second-order valence-electron chi connectivity index (χ2n) is 4.38. The maximum atomic E-state index is 10.2. The van der Waals surface area contributed by atoms with Gasteiger partial charge in [0, 0.05) is 34.5 Å². The van der Waals surface area contributed by atoms with E-state index in [2.05, 4.69) is 0 Å². The molecule has 0 heterocycles. The van der Waals surface area contributed by atoms with Gasteiger partial charge in [-0.1, -0.05) is 43.2 Å². The first-order valence-corrected chi connectivity index (χ1v) is 18.0. The van der Waals surface area contributed by atoms with Crippen molar-refractivity contribution in [2.24, 2.45) is 0 Å². The monoisotopic (exact) mass is 608 g/mol. The van der Waals surface area contributed by atoms with Crippen LogP contribution in [-0.2, 0) is 40.5 Å². The zero-order chi connectivity index (χ0) is 22.5. The van der Waals surface area contributed by atoms with Crippen LogP contribution in [0.25, 0.3) is 0 Å². The third-order valence-electron chi connectivity index (χ3n) is 1.85. The molecule has 0 aromatic heterocycles. The molecular formula is C8H18Na2O12S8. The Hall–Kier alpha value is 3.04. The summed E-state index contributed by atoms with van der Waals surface area (Å²) in [6, 6.07) is 0. The largest absolute Gasteiger partial charge is 1.00 e. The van der Waals surface area contributed by atoms with Gasteiger partial charge in [0.1, 0.15) is 0 Å². The average molecular weight is 609 g/mol. The minimum atomic E-state index is -4.20. The molecule has 22 heteroatoms. The maximum Gasteiger partial charge on any atom is 1.00 e. The van der Waals surface area contributed by atoms with Gasteiger partial charge in [0.05, 0.1) is 31.7 Å². The van der Waals surface area contributed by atoms with E-state index < -0.39 is 52.0 Å². The van der Waals surface area contributed by atoms with Crippen LogP contribution < -0.4 is 59.1 Å². The maximum absolute atomic E-state index is 10.2. The average Bonchev–Trinajstić information content (AvgIpc) is 2.43. The molecule has 0 unspecified atom stereocenters. The molecule has 0 aliphatic carbocycles. The Balaban J connectivity index is -0.000000211. The van der Waals surface area contributed by atoms with Crippen LogP contribution in [0.5, 0.6) is 0 Å². The van der Waals surface area contributed by atoms with E-state index in [4.69, 9.17) is 9.11 Å². The van der Waals surface area contributed by atoms with E-state index in [0.717, 1.165) is 43.2 Å². The van der Waals surface area contributed by atoms with E-state index in [-0.39, 0.29) is 93.6 Å². The van der Waals surface area contributed by atoms with E-state index in [1.54, 1.807) is 0 Å². The fourth-order valence-corrected chi connectivity index (χ4v) is 9.53. The zero-order valence-electron chi connectivity index (χ0n) is 15.9. The van der Waals surface area contributed by atoms with Crippen LogP contribution in [-0.4, -0.2) is 97.9 Å². The Morgan fingerprint density at radius 2 is 0.700 bits per heavy atom. The molecule has 0 radical (unpaired) electrons. The van der Waals surface area contributed by atoms with Crippen LogP contribution in [0, 0.1) is 0 Å². The Bertz CT molecular complexity index is 695. The summed E-state index contributed by atoms with van der Waals surface area (Å²) in [6.07, 6.45) is 0. The van der Waals surface area contributed by atoms with E-state index in [9.17, 15) is 42.8 Å². The molecule has 0 saturated carbocycles. The molecule has 30 heavy (non-hydrogen) atoms. The molecular weight excluding hydrogens is 591 g/mol. The molecule has 0 spiro atoms. The van der Waals surface area contributed by atoms with Crippen LogP contribution in [0.2, 0.25) is 0 Å². The first kappa shape index (κ1) is 40.2. The van der Waals surface area contributed by atoms with Crippen molar-refractivity contribution in [1.82, 2.24) is 0 Å². The summed E-state index contributed by atoms with van der Waals surface area (Å²) in [7, 11) is -11.9. The fraction of sp³-hybridized carbons (Fsp3) is 1.00. The normalized spacial score (nSPS) is 12.1. The predicted octanol–water partition coefficient (Wildman–Crippen LogP) is -6.39. The van der Waals surface area contributed by atoms with Crippen molar-refractivity contribution in [1.29, 1.82) is 0 Å². The molecule has 12 nitrogen and oxygen atoms in total. The Morgan fingerprint density at radius 3 is 0.867 bits per heavy atom. The summed E-state index contributed by atoms with van der Waals surface area (Å²) in [6.45, 7) is 0. The quantitative estimate of drug-likeness (QED) is 0.0809. The minimum Gasteiger partial charge on any atom is -0.748 e. The smallest absolute Gasteiger partial charge is 0.748 e. The number of hydrogen-bond acceptors (Lipinski definition) is 14. The summed E-state index contributed by atoms with van der Waals surface area (Å²) in [5.41, 5.74) is 0. The summed E-state index contributed by atoms with van der Waals surface area (Å²) in [5.74, 6) is -1.18. The van der Waals surface area contributed by atoms with Crippen molar-refractivity contribution in [3.63, 3.8) is 0 Å². The van der Waals surface area contributed by atoms with Crippen LogP contribution in [0.1, 0.15) is 0 Å². The molecule has 0 amide bonds. The van der Waals surface area contributed by atoms with Gasteiger partial charge in [0.2, 0.25) is 0 Å². The molecule has 0 aromatic rings. The molecule has 0 aliphatic heterocycles. The molecule has 0 fully saturated rings. The number of hydrogen-bond donors (Lipinski definition) is 2. The van der Waals surface area contributed by atoms with Gasteiger partial charge in [-0.2, -0.15) is 16.8 Å². The Morgan fingerprint density at radius 1 is 0.500 bits per heavy atom. The van der Waals surface area contributed by atoms with Gasteiger partial charge in [-0.3, -0.25) is 9.11 Å². The number of rotatable bonds is 14. The van der Waals surface area contributed by atoms with Gasteiger partial charge in [-0.15, -0.1) is 0 Å². The molecule has 0 atom stereocenters. The van der Waals surface area contributed by atoms with Crippen LogP contribution in [0.4, 0.5) is 0 Å². The molecule has 172 valence electrons. The fourth-order valence-electron chi connectivity index (χ4n) is 0.787. The SMILES string of the molecule is O=S(=O)(O)CCSSCCS(=O)(=O)O.O=S(=O)([O-])CCSSCCS(=O)(=O)[O-].[Na+].[Na+]. The summed E-state index contributed by atoms with van der Waals surface area (Å²) >= 11 is 0. The third kappa shape index (κ3) is 44.7. The van der Waals surface area contributed by atoms with E-state index in [1.807, 2.05) is 0 Å². The summed E-state index contributed by atoms with van der Waals surface area (Å²) < 4.78 is 118. The van der Waals surface area contributed by atoms with Crippen molar-refractivity contribution in [3.05, 3.63) is 0 Å². The second-order valence-corrected chi connectivity index (χ2v) is 16.0. The van der Waals surface area contributed by atoms with Crippen molar-refractivity contribution >= 4 is 83.6 Å². The van der Waals surface area contributed by atoms with E-state index >= 15 is 0 Å². The van der Waals surface area contributed by atoms with Gasteiger partial charge in [0.25, 0.3) is 20.2 Å². The molecule has 0 bridgehead atoms. The third-order valence-corrected chi connectivity index (χ3v) is 10.5. The Kier molecular flexibility index (Phi) is 27.2. The van der Waals surface area contributed by atoms with Gasteiger partial charge in [0.15, 0.2) is 0 Å². The summed E-state index contributed by atoms with van der Waals surface area (Å²) in [5, 5.41) is 0. The van der Waals surface area contributed by atoms with E-state index in [0.29, 0.717) is 0 Å². The first-order valence-electron chi connectivity index (χ1n) is 6.67. The van der Waals surface area contributed by atoms with Crippen molar-refractivity contribution < 1.29 is 111 Å². The molecule has 0 aliphatic rings. The van der Waals surface area contributed by atoms with Crippen molar-refractivity contribution in [2.45, 2.75) is 0 Å². The zero-order valence-corrected chi connectivity index (χ0v) is 26.4. The van der Waals surface area contributed by atoms with Gasteiger partial charge < -0.3 is 9.11 Å². The van der Waals surface area contributed by atoms with Crippen LogP contribution >= 0.6 is 43.2 Å². The first-order chi connectivity index (χ1) is 12.4. The molecule has 0 saturated heterocycles. The van der Waals surface area contributed by atoms with Crippen LogP contribution in [0.15, 0.2) is 0 Å². The second kappa shape index (κ2) is 20.3. The standard InChI is InChI=1S/2C4H10O6S4.2Na/c2*5-13(6,7)3-1-11-12-2-4-14(8,9)10;;/h2*1-4H2,(H,5,6,7)(H,8,9,10);;/q;;2*+1/p-2. The molecule has 0 rings (SSSR count). The predicted molar refractivity (Wildman–Crippen MR) is 112 cm³/mol. The Labute approximate surface area is 237 Å². The van der Waals surface area contributed by atoms with Gasteiger partial charge in [-0.25, -0.2) is 16.8 Å². The topological polar surface area (TPSA) is 223 Å². The molecule has 0 aromatic carbocycles. The van der Waals surface area contributed by atoms with Gasteiger partial charge >= 0.3 is 59.1 Å².